The zero-order chi connectivity index (χ0) is 33.0. The minimum atomic E-state index is -1.32. The quantitative estimate of drug-likeness (QED) is 0.251. The number of aryl methyl sites for hydroxylation is 4. The van der Waals surface area contributed by atoms with Crippen molar-refractivity contribution in [2.45, 2.75) is 47.6 Å². The van der Waals surface area contributed by atoms with Gasteiger partial charge in [0, 0.05) is 11.4 Å². The van der Waals surface area contributed by atoms with Crippen molar-refractivity contribution in [2.24, 2.45) is 5.92 Å². The van der Waals surface area contributed by atoms with Crippen molar-refractivity contribution in [1.82, 2.24) is 4.90 Å². The third-order valence-electron chi connectivity index (χ3n) is 7.00. The number of nitrogens with one attached hydrogen (secondary N) is 2. The van der Waals surface area contributed by atoms with Gasteiger partial charge in [0.2, 0.25) is 0 Å². The van der Waals surface area contributed by atoms with Gasteiger partial charge in [0.25, 0.3) is 23.6 Å². The second-order valence-corrected chi connectivity index (χ2v) is 11.5. The van der Waals surface area contributed by atoms with Crippen LogP contribution in [0, 0.1) is 33.6 Å². The Labute approximate surface area is 260 Å². The van der Waals surface area contributed by atoms with Gasteiger partial charge in [-0.2, -0.15) is 0 Å². The van der Waals surface area contributed by atoms with Crippen LogP contribution in [-0.2, 0) is 23.9 Å². The summed E-state index contributed by atoms with van der Waals surface area (Å²) in [5, 5.41) is 5.33. The maximum absolute atomic E-state index is 13.4. The molecular formula is C34H35N3O8. The highest BCUT2D eigenvalue weighted by Crippen LogP contribution is 2.29. The molecule has 1 atom stereocenters. The molecule has 1 unspecified atom stereocenters. The van der Waals surface area contributed by atoms with Crippen LogP contribution in [0.3, 0.4) is 0 Å². The zero-order valence-electron chi connectivity index (χ0n) is 26.0. The van der Waals surface area contributed by atoms with Crippen LogP contribution in [0.4, 0.5) is 11.4 Å². The molecule has 0 aromatic heterocycles. The molecule has 1 aliphatic rings. The molecule has 0 bridgehead atoms. The summed E-state index contributed by atoms with van der Waals surface area (Å²) < 4.78 is 10.4. The standard InChI is InChI=1S/C34H35N3O8/c1-18(2)30(34(43)45-17-29(39)36-25-13-21(5)10-22(6)14-25)37-31(40)26-8-7-23(15-27(26)32(37)41)33(42)44-16-28(38)35-24-11-19(3)9-20(4)12-24/h7-15,18,30H,16-17H2,1-6H3,(H,35,38)(H,36,39). The SMILES string of the molecule is Cc1cc(C)cc(NC(=O)COC(=O)c2ccc3c(c2)C(=O)N(C(C(=O)OCC(=O)Nc2cc(C)cc(C)c2)C(C)C)C3=O)c1. The number of amides is 4. The molecule has 4 amide bonds. The molecule has 11 heteroatoms. The van der Waals surface area contributed by atoms with Crippen LogP contribution in [-0.4, -0.2) is 59.7 Å². The summed E-state index contributed by atoms with van der Waals surface area (Å²) >= 11 is 0. The molecule has 4 rings (SSSR count). The van der Waals surface area contributed by atoms with E-state index in [1.807, 2.05) is 39.8 Å². The fourth-order valence-corrected chi connectivity index (χ4v) is 5.24. The van der Waals surface area contributed by atoms with Gasteiger partial charge in [0.05, 0.1) is 16.7 Å². The molecule has 0 radical (unpaired) electrons. The highest BCUT2D eigenvalue weighted by Gasteiger charge is 2.45. The first-order valence-electron chi connectivity index (χ1n) is 14.4. The predicted octanol–water partition coefficient (Wildman–Crippen LogP) is 4.52. The van der Waals surface area contributed by atoms with E-state index < -0.39 is 60.7 Å². The summed E-state index contributed by atoms with van der Waals surface area (Å²) in [5.74, 6) is -5.02. The molecule has 0 aliphatic carbocycles. The van der Waals surface area contributed by atoms with E-state index in [2.05, 4.69) is 10.6 Å². The Balaban J connectivity index is 1.40. The van der Waals surface area contributed by atoms with Gasteiger partial charge in [0.15, 0.2) is 13.2 Å². The highest BCUT2D eigenvalue weighted by molar-refractivity contribution is 6.23. The molecule has 1 aliphatic heterocycles. The van der Waals surface area contributed by atoms with E-state index in [0.717, 1.165) is 27.2 Å². The topological polar surface area (TPSA) is 148 Å². The molecule has 2 N–H and O–H groups in total. The lowest BCUT2D eigenvalue weighted by Crippen LogP contribution is -2.49. The van der Waals surface area contributed by atoms with Gasteiger partial charge in [-0.1, -0.05) is 26.0 Å². The fourth-order valence-electron chi connectivity index (χ4n) is 5.24. The first kappa shape index (κ1) is 32.6. The molecule has 11 nitrogen and oxygen atoms in total. The average molecular weight is 614 g/mol. The molecule has 3 aromatic rings. The lowest BCUT2D eigenvalue weighted by atomic mass is 10.0. The van der Waals surface area contributed by atoms with Gasteiger partial charge >= 0.3 is 11.9 Å². The van der Waals surface area contributed by atoms with E-state index in [0.29, 0.717) is 11.4 Å². The second kappa shape index (κ2) is 13.5. The zero-order valence-corrected chi connectivity index (χ0v) is 26.0. The van der Waals surface area contributed by atoms with Crippen molar-refractivity contribution >= 4 is 46.9 Å². The number of anilines is 2. The first-order chi connectivity index (χ1) is 21.2. The van der Waals surface area contributed by atoms with Crippen LogP contribution >= 0.6 is 0 Å². The molecule has 0 saturated carbocycles. The van der Waals surface area contributed by atoms with Crippen LogP contribution in [0.5, 0.6) is 0 Å². The van der Waals surface area contributed by atoms with E-state index in [1.54, 1.807) is 38.1 Å². The molecular weight excluding hydrogens is 578 g/mol. The number of carbonyl (C=O) groups excluding carboxylic acids is 6. The maximum atomic E-state index is 13.4. The largest absolute Gasteiger partial charge is 0.454 e. The van der Waals surface area contributed by atoms with Gasteiger partial charge in [-0.05, 0) is 98.3 Å². The van der Waals surface area contributed by atoms with Crippen LogP contribution in [0.2, 0.25) is 0 Å². The van der Waals surface area contributed by atoms with E-state index in [1.165, 1.54) is 18.2 Å². The van der Waals surface area contributed by atoms with E-state index in [9.17, 15) is 28.8 Å². The molecule has 234 valence electrons. The molecule has 0 fully saturated rings. The monoisotopic (exact) mass is 613 g/mol. The Hall–Kier alpha value is -5.32. The van der Waals surface area contributed by atoms with Crippen molar-refractivity contribution in [2.75, 3.05) is 23.8 Å². The van der Waals surface area contributed by atoms with Crippen molar-refractivity contribution in [3.63, 3.8) is 0 Å². The van der Waals surface area contributed by atoms with Gasteiger partial charge in [-0.15, -0.1) is 0 Å². The average Bonchev–Trinajstić information content (AvgIpc) is 3.18. The Morgan fingerprint density at radius 2 is 1.13 bits per heavy atom. The van der Waals surface area contributed by atoms with Crippen LogP contribution in [0.15, 0.2) is 54.6 Å². The molecule has 0 saturated heterocycles. The Morgan fingerprint density at radius 3 is 1.62 bits per heavy atom. The van der Waals surface area contributed by atoms with E-state index in [4.69, 9.17) is 9.47 Å². The number of rotatable bonds is 10. The van der Waals surface area contributed by atoms with Crippen LogP contribution < -0.4 is 10.6 Å². The first-order valence-corrected chi connectivity index (χ1v) is 14.4. The summed E-state index contributed by atoms with van der Waals surface area (Å²) in [6.07, 6.45) is 0. The predicted molar refractivity (Wildman–Crippen MR) is 166 cm³/mol. The Kier molecular flexibility index (Phi) is 9.81. The summed E-state index contributed by atoms with van der Waals surface area (Å²) in [6.45, 7) is 9.64. The summed E-state index contributed by atoms with van der Waals surface area (Å²) in [7, 11) is 0. The smallest absolute Gasteiger partial charge is 0.338 e. The van der Waals surface area contributed by atoms with Gasteiger partial charge < -0.3 is 20.1 Å². The van der Waals surface area contributed by atoms with Crippen molar-refractivity contribution in [1.29, 1.82) is 0 Å². The number of imide groups is 1. The Morgan fingerprint density at radius 1 is 0.667 bits per heavy atom. The number of fused-ring (bicyclic) bond motifs is 1. The normalized spacial score (nSPS) is 12.9. The van der Waals surface area contributed by atoms with Crippen molar-refractivity contribution in [3.8, 4) is 0 Å². The highest BCUT2D eigenvalue weighted by atomic mass is 16.5. The number of esters is 2. The van der Waals surface area contributed by atoms with E-state index >= 15 is 0 Å². The second-order valence-electron chi connectivity index (χ2n) is 11.5. The fraction of sp³-hybridized carbons (Fsp3) is 0.294. The lowest BCUT2D eigenvalue weighted by Gasteiger charge is -2.27. The van der Waals surface area contributed by atoms with Gasteiger partial charge in [-0.25, -0.2) is 9.59 Å². The van der Waals surface area contributed by atoms with Gasteiger partial charge in [0.1, 0.15) is 6.04 Å². The molecule has 1 heterocycles. The summed E-state index contributed by atoms with van der Waals surface area (Å²) in [4.78, 5) is 78.1. The lowest BCUT2D eigenvalue weighted by molar-refractivity contribution is -0.152. The van der Waals surface area contributed by atoms with Crippen molar-refractivity contribution < 1.29 is 38.2 Å². The molecule has 0 spiro atoms. The third kappa shape index (κ3) is 7.80. The number of ether oxygens (including phenoxy) is 2. The summed E-state index contributed by atoms with van der Waals surface area (Å²) in [6, 6.07) is 13.5. The summed E-state index contributed by atoms with van der Waals surface area (Å²) in [5.41, 5.74) is 4.77. The number of hydrogen-bond acceptors (Lipinski definition) is 8. The maximum Gasteiger partial charge on any atom is 0.338 e. The molecule has 3 aromatic carbocycles. The van der Waals surface area contributed by atoms with Gasteiger partial charge in [-0.3, -0.25) is 24.1 Å². The molecule has 45 heavy (non-hydrogen) atoms. The van der Waals surface area contributed by atoms with E-state index in [-0.39, 0.29) is 16.7 Å². The minimum Gasteiger partial charge on any atom is -0.454 e. The third-order valence-corrected chi connectivity index (χ3v) is 7.00. The van der Waals surface area contributed by atoms with Crippen LogP contribution in [0.1, 0.15) is 67.2 Å². The van der Waals surface area contributed by atoms with Crippen molar-refractivity contribution in [3.05, 3.63) is 93.5 Å². The number of benzene rings is 3. The van der Waals surface area contributed by atoms with Crippen LogP contribution in [0.25, 0.3) is 0 Å². The number of hydrogen-bond donors (Lipinski definition) is 2. The number of nitrogens with zero attached hydrogens (tertiary/aromatic N) is 1. The minimum absolute atomic E-state index is 0.00452. The Bertz CT molecular complexity index is 1670. The number of carbonyl (C=O) groups is 6.